The van der Waals surface area contributed by atoms with Crippen molar-refractivity contribution in [3.05, 3.63) is 41.2 Å². The number of ether oxygens (including phenoxy) is 1. The van der Waals surface area contributed by atoms with Gasteiger partial charge in [-0.05, 0) is 39.0 Å². The average Bonchev–Trinajstić information content (AvgIpc) is 2.67. The van der Waals surface area contributed by atoms with Gasteiger partial charge >= 0.3 is 0 Å². The molecule has 96 valence electrons. The minimum absolute atomic E-state index is 0.111. The number of nitrogens with zero attached hydrogens (tertiary/aromatic N) is 2. The summed E-state index contributed by atoms with van der Waals surface area (Å²) in [6.07, 6.45) is 0. The molecule has 0 aliphatic carbocycles. The summed E-state index contributed by atoms with van der Waals surface area (Å²) in [4.78, 5) is 0. The molecular formula is C14H19N3O. The van der Waals surface area contributed by atoms with E-state index in [9.17, 15) is 0 Å². The molecule has 0 saturated carbocycles. The van der Waals surface area contributed by atoms with Crippen molar-refractivity contribution in [2.75, 3.05) is 7.11 Å². The molecule has 1 heterocycles. The summed E-state index contributed by atoms with van der Waals surface area (Å²) in [6.45, 7) is 5.96. The van der Waals surface area contributed by atoms with Crippen molar-refractivity contribution in [1.29, 1.82) is 0 Å². The fourth-order valence-corrected chi connectivity index (χ4v) is 2.23. The van der Waals surface area contributed by atoms with E-state index >= 15 is 0 Å². The van der Waals surface area contributed by atoms with Crippen LogP contribution in [0.1, 0.15) is 29.9 Å². The third-order valence-electron chi connectivity index (χ3n) is 2.96. The first-order chi connectivity index (χ1) is 8.54. The van der Waals surface area contributed by atoms with Crippen molar-refractivity contribution < 1.29 is 4.74 Å². The second-order valence-electron chi connectivity index (χ2n) is 4.52. The Morgan fingerprint density at radius 3 is 2.56 bits per heavy atom. The number of aromatic nitrogens is 2. The molecule has 2 rings (SSSR count). The van der Waals surface area contributed by atoms with Gasteiger partial charge in [-0.15, -0.1) is 0 Å². The van der Waals surface area contributed by atoms with Crippen LogP contribution in [0.2, 0.25) is 0 Å². The fourth-order valence-electron chi connectivity index (χ4n) is 2.23. The van der Waals surface area contributed by atoms with Gasteiger partial charge in [0.05, 0.1) is 18.5 Å². The van der Waals surface area contributed by atoms with Crippen LogP contribution in [0.15, 0.2) is 24.3 Å². The maximum absolute atomic E-state index is 6.06. The highest BCUT2D eigenvalue weighted by Gasteiger charge is 2.16. The van der Waals surface area contributed by atoms with Crippen molar-refractivity contribution >= 4 is 0 Å². The van der Waals surface area contributed by atoms with Gasteiger partial charge in [0.15, 0.2) is 0 Å². The molecule has 0 saturated heterocycles. The number of hydrogen-bond donors (Lipinski definition) is 1. The van der Waals surface area contributed by atoms with Crippen LogP contribution in [0.4, 0.5) is 0 Å². The number of methoxy groups -OCH3 is 1. The Balaban J connectivity index is 2.67. The van der Waals surface area contributed by atoms with Crippen LogP contribution in [0.5, 0.6) is 5.75 Å². The molecule has 2 N–H and O–H groups in total. The van der Waals surface area contributed by atoms with Gasteiger partial charge in [0, 0.05) is 17.3 Å². The quantitative estimate of drug-likeness (QED) is 0.904. The lowest BCUT2D eigenvalue weighted by molar-refractivity contribution is 0.406. The Morgan fingerprint density at radius 2 is 2.06 bits per heavy atom. The second-order valence-corrected chi connectivity index (χ2v) is 4.52. The molecule has 1 aromatic carbocycles. The normalized spacial score (nSPS) is 12.5. The highest BCUT2D eigenvalue weighted by Crippen LogP contribution is 2.30. The van der Waals surface area contributed by atoms with Crippen LogP contribution in [0.3, 0.4) is 0 Å². The minimum atomic E-state index is -0.111. The molecule has 0 spiro atoms. The molecule has 1 atom stereocenters. The monoisotopic (exact) mass is 245 g/mol. The van der Waals surface area contributed by atoms with Crippen LogP contribution in [-0.4, -0.2) is 16.9 Å². The molecule has 0 aliphatic rings. The Bertz CT molecular complexity index is 558. The van der Waals surface area contributed by atoms with Gasteiger partial charge in [-0.2, -0.15) is 5.10 Å². The number of hydrogen-bond acceptors (Lipinski definition) is 3. The number of nitrogens with two attached hydrogens (primary N) is 1. The van der Waals surface area contributed by atoms with E-state index < -0.39 is 0 Å². The van der Waals surface area contributed by atoms with Crippen molar-refractivity contribution in [1.82, 2.24) is 9.78 Å². The van der Waals surface area contributed by atoms with Gasteiger partial charge < -0.3 is 10.5 Å². The van der Waals surface area contributed by atoms with Crippen LogP contribution < -0.4 is 10.5 Å². The average molecular weight is 245 g/mol. The summed E-state index contributed by atoms with van der Waals surface area (Å²) in [7, 11) is 1.66. The molecule has 0 fully saturated rings. The van der Waals surface area contributed by atoms with Gasteiger partial charge in [0.1, 0.15) is 5.75 Å². The van der Waals surface area contributed by atoms with E-state index in [1.165, 1.54) is 0 Å². The molecule has 0 amide bonds. The first kappa shape index (κ1) is 12.6. The highest BCUT2D eigenvalue weighted by atomic mass is 16.5. The van der Waals surface area contributed by atoms with E-state index in [0.29, 0.717) is 0 Å². The first-order valence-corrected chi connectivity index (χ1v) is 6.00. The second kappa shape index (κ2) is 4.82. The maximum atomic E-state index is 6.06. The molecule has 0 bridgehead atoms. The highest BCUT2D eigenvalue weighted by molar-refractivity contribution is 5.51. The Morgan fingerprint density at radius 1 is 1.33 bits per heavy atom. The Kier molecular flexibility index (Phi) is 3.39. The van der Waals surface area contributed by atoms with Crippen molar-refractivity contribution in [2.24, 2.45) is 5.73 Å². The van der Waals surface area contributed by atoms with E-state index in [1.807, 2.05) is 49.7 Å². The van der Waals surface area contributed by atoms with Crippen LogP contribution >= 0.6 is 0 Å². The number of aryl methyl sites for hydroxylation is 2. The Labute approximate surface area is 107 Å². The van der Waals surface area contributed by atoms with E-state index in [1.54, 1.807) is 7.11 Å². The third-order valence-corrected chi connectivity index (χ3v) is 2.96. The smallest absolute Gasteiger partial charge is 0.125 e. The standard InChI is InChI=1S/C14H19N3O/c1-9-8-10(2)17(16-9)12-6-5-7-13(18-4)14(12)11(3)15/h5-8,11H,15H2,1-4H3/t11-/m0/s1. The van der Waals surface area contributed by atoms with E-state index in [4.69, 9.17) is 10.5 Å². The predicted molar refractivity (Wildman–Crippen MR) is 72.2 cm³/mol. The molecule has 1 aromatic heterocycles. The molecule has 4 heteroatoms. The third kappa shape index (κ3) is 2.11. The zero-order valence-corrected chi connectivity index (χ0v) is 11.3. The zero-order chi connectivity index (χ0) is 13.3. The van der Waals surface area contributed by atoms with Gasteiger partial charge in [-0.3, -0.25) is 0 Å². The number of rotatable bonds is 3. The summed E-state index contributed by atoms with van der Waals surface area (Å²) >= 11 is 0. The van der Waals surface area contributed by atoms with Gasteiger partial charge in [0.2, 0.25) is 0 Å². The molecule has 18 heavy (non-hydrogen) atoms. The fraction of sp³-hybridized carbons (Fsp3) is 0.357. The SMILES string of the molecule is COc1cccc(-n2nc(C)cc2C)c1[C@H](C)N. The van der Waals surface area contributed by atoms with E-state index in [2.05, 4.69) is 5.10 Å². The summed E-state index contributed by atoms with van der Waals surface area (Å²) < 4.78 is 7.31. The van der Waals surface area contributed by atoms with E-state index in [-0.39, 0.29) is 6.04 Å². The van der Waals surface area contributed by atoms with Gasteiger partial charge in [0.25, 0.3) is 0 Å². The minimum Gasteiger partial charge on any atom is -0.496 e. The Hall–Kier alpha value is -1.81. The van der Waals surface area contributed by atoms with Gasteiger partial charge in [-0.1, -0.05) is 6.07 Å². The molecule has 2 aromatic rings. The summed E-state index contributed by atoms with van der Waals surface area (Å²) in [5.74, 6) is 0.801. The summed E-state index contributed by atoms with van der Waals surface area (Å²) in [5, 5.41) is 4.50. The maximum Gasteiger partial charge on any atom is 0.125 e. The largest absolute Gasteiger partial charge is 0.496 e. The van der Waals surface area contributed by atoms with Crippen molar-refractivity contribution in [3.8, 4) is 11.4 Å². The topological polar surface area (TPSA) is 53.1 Å². The lowest BCUT2D eigenvalue weighted by Crippen LogP contribution is -2.13. The van der Waals surface area contributed by atoms with Crippen molar-refractivity contribution in [3.63, 3.8) is 0 Å². The molecular weight excluding hydrogens is 226 g/mol. The first-order valence-electron chi connectivity index (χ1n) is 6.00. The lowest BCUT2D eigenvalue weighted by atomic mass is 10.1. The molecule has 0 aliphatic heterocycles. The molecule has 4 nitrogen and oxygen atoms in total. The summed E-state index contributed by atoms with van der Waals surface area (Å²) in [5.41, 5.74) is 10.1. The summed E-state index contributed by atoms with van der Waals surface area (Å²) in [6, 6.07) is 7.83. The van der Waals surface area contributed by atoms with Crippen molar-refractivity contribution in [2.45, 2.75) is 26.8 Å². The predicted octanol–water partition coefficient (Wildman–Crippen LogP) is 2.52. The van der Waals surface area contributed by atoms with Crippen LogP contribution in [0.25, 0.3) is 5.69 Å². The van der Waals surface area contributed by atoms with Gasteiger partial charge in [-0.25, -0.2) is 4.68 Å². The zero-order valence-electron chi connectivity index (χ0n) is 11.3. The molecule has 0 unspecified atom stereocenters. The molecule has 0 radical (unpaired) electrons. The van der Waals surface area contributed by atoms with Crippen LogP contribution in [-0.2, 0) is 0 Å². The van der Waals surface area contributed by atoms with E-state index in [0.717, 1.165) is 28.4 Å². The van der Waals surface area contributed by atoms with Crippen LogP contribution in [0, 0.1) is 13.8 Å². The lowest BCUT2D eigenvalue weighted by Gasteiger charge is -2.17. The number of benzene rings is 1.